The molecule has 0 aliphatic heterocycles. The second-order valence-electron chi connectivity index (χ2n) is 4.56. The van der Waals surface area contributed by atoms with Crippen molar-refractivity contribution in [3.8, 4) is 0 Å². The van der Waals surface area contributed by atoms with Crippen molar-refractivity contribution in [2.75, 3.05) is 6.54 Å². The lowest BCUT2D eigenvalue weighted by atomic mass is 10.0. The van der Waals surface area contributed by atoms with E-state index < -0.39 is 0 Å². The summed E-state index contributed by atoms with van der Waals surface area (Å²) in [5, 5.41) is 4.74. The molecular weight excluding hydrogens is 294 g/mol. The number of nitrogens with zero attached hydrogens (tertiary/aromatic N) is 2. The Hall–Kier alpha value is -1.04. The molecule has 0 aliphatic rings. The van der Waals surface area contributed by atoms with Gasteiger partial charge in [-0.3, -0.25) is 0 Å². The van der Waals surface area contributed by atoms with Crippen molar-refractivity contribution in [2.45, 2.75) is 30.4 Å². The Labute approximate surface area is 128 Å². The van der Waals surface area contributed by atoms with Crippen LogP contribution in [0.1, 0.15) is 25.1 Å². The average Bonchev–Trinajstić information content (AvgIpc) is 2.92. The lowest BCUT2D eigenvalue weighted by Crippen LogP contribution is -2.16. The van der Waals surface area contributed by atoms with Crippen molar-refractivity contribution in [2.24, 2.45) is 11.7 Å². The summed E-state index contributed by atoms with van der Waals surface area (Å²) in [4.78, 5) is 5.53. The first-order valence-electron chi connectivity index (χ1n) is 6.61. The summed E-state index contributed by atoms with van der Waals surface area (Å²) >= 11 is 7.51. The van der Waals surface area contributed by atoms with E-state index >= 15 is 0 Å². The molecule has 6 heteroatoms. The number of hydrogen-bond acceptors (Lipinski definition) is 5. The number of aromatic nitrogens is 2. The standard InChI is InChI=1S/C14H18ClN3OS/c1-2-10(8-16)7-14-17-13(18-19-14)9-20-12-5-3-11(15)4-6-12/h3-6,10H,2,7-9,16H2,1H3. The number of halogens is 1. The first-order valence-corrected chi connectivity index (χ1v) is 7.97. The topological polar surface area (TPSA) is 64.9 Å². The number of nitrogens with two attached hydrogens (primary N) is 1. The molecule has 4 nitrogen and oxygen atoms in total. The molecule has 20 heavy (non-hydrogen) atoms. The number of thioether (sulfide) groups is 1. The van der Waals surface area contributed by atoms with E-state index in [0.717, 1.165) is 22.8 Å². The van der Waals surface area contributed by atoms with Gasteiger partial charge >= 0.3 is 0 Å². The largest absolute Gasteiger partial charge is 0.339 e. The van der Waals surface area contributed by atoms with E-state index in [2.05, 4.69) is 17.1 Å². The van der Waals surface area contributed by atoms with Crippen molar-refractivity contribution < 1.29 is 4.52 Å². The van der Waals surface area contributed by atoms with Crippen LogP contribution in [0.3, 0.4) is 0 Å². The Morgan fingerprint density at radius 2 is 2.10 bits per heavy atom. The van der Waals surface area contributed by atoms with Gasteiger partial charge in [0, 0.05) is 16.3 Å². The molecule has 2 rings (SSSR count). The van der Waals surface area contributed by atoms with Crippen molar-refractivity contribution in [3.05, 3.63) is 41.0 Å². The second kappa shape index (κ2) is 7.67. The van der Waals surface area contributed by atoms with Crippen LogP contribution in [-0.2, 0) is 12.2 Å². The summed E-state index contributed by atoms with van der Waals surface area (Å²) in [5.41, 5.74) is 5.68. The van der Waals surface area contributed by atoms with Crippen molar-refractivity contribution in [1.29, 1.82) is 0 Å². The second-order valence-corrected chi connectivity index (χ2v) is 6.05. The minimum atomic E-state index is 0.409. The van der Waals surface area contributed by atoms with Crippen LogP contribution in [-0.4, -0.2) is 16.7 Å². The molecule has 1 aromatic heterocycles. The van der Waals surface area contributed by atoms with Crippen LogP contribution in [0.25, 0.3) is 0 Å². The number of rotatable bonds is 7. The van der Waals surface area contributed by atoms with Gasteiger partial charge in [0.2, 0.25) is 5.89 Å². The molecule has 0 saturated carbocycles. The molecule has 0 bridgehead atoms. The molecule has 108 valence electrons. The summed E-state index contributed by atoms with van der Waals surface area (Å²) in [7, 11) is 0. The molecule has 1 unspecified atom stereocenters. The Morgan fingerprint density at radius 1 is 1.35 bits per heavy atom. The highest BCUT2D eigenvalue weighted by atomic mass is 35.5. The maximum atomic E-state index is 5.85. The van der Waals surface area contributed by atoms with Gasteiger partial charge in [-0.25, -0.2) is 0 Å². The van der Waals surface area contributed by atoms with E-state index in [0.29, 0.717) is 29.9 Å². The lowest BCUT2D eigenvalue weighted by molar-refractivity contribution is 0.348. The third-order valence-corrected chi connectivity index (χ3v) is 4.33. The zero-order valence-electron chi connectivity index (χ0n) is 11.4. The average molecular weight is 312 g/mol. The van der Waals surface area contributed by atoms with Crippen LogP contribution in [0.2, 0.25) is 5.02 Å². The van der Waals surface area contributed by atoms with Crippen molar-refractivity contribution in [1.82, 2.24) is 10.1 Å². The van der Waals surface area contributed by atoms with Crippen LogP contribution in [0, 0.1) is 5.92 Å². The smallest absolute Gasteiger partial charge is 0.226 e. The summed E-state index contributed by atoms with van der Waals surface area (Å²) in [5.74, 6) is 2.48. The first kappa shape index (κ1) is 15.4. The third kappa shape index (κ3) is 4.51. The molecule has 0 fully saturated rings. The van der Waals surface area contributed by atoms with Crippen LogP contribution in [0.5, 0.6) is 0 Å². The van der Waals surface area contributed by atoms with Gasteiger partial charge < -0.3 is 10.3 Å². The van der Waals surface area contributed by atoms with Gasteiger partial charge in [-0.05, 0) is 36.7 Å². The highest BCUT2D eigenvalue weighted by molar-refractivity contribution is 7.98. The Balaban J connectivity index is 1.87. The third-order valence-electron chi connectivity index (χ3n) is 3.07. The lowest BCUT2D eigenvalue weighted by Gasteiger charge is -2.07. The van der Waals surface area contributed by atoms with Crippen LogP contribution < -0.4 is 5.73 Å². The summed E-state index contributed by atoms with van der Waals surface area (Å²) in [6, 6.07) is 7.71. The van der Waals surface area contributed by atoms with Gasteiger partial charge in [-0.2, -0.15) is 4.98 Å². The van der Waals surface area contributed by atoms with E-state index in [-0.39, 0.29) is 0 Å². The van der Waals surface area contributed by atoms with Gasteiger partial charge in [-0.15, -0.1) is 11.8 Å². The zero-order chi connectivity index (χ0) is 14.4. The summed E-state index contributed by atoms with van der Waals surface area (Å²) < 4.78 is 5.26. The van der Waals surface area contributed by atoms with E-state index in [1.165, 1.54) is 0 Å². The van der Waals surface area contributed by atoms with E-state index in [1.807, 2.05) is 24.3 Å². The normalized spacial score (nSPS) is 12.6. The van der Waals surface area contributed by atoms with Crippen LogP contribution in [0.15, 0.2) is 33.7 Å². The van der Waals surface area contributed by atoms with Gasteiger partial charge in [0.25, 0.3) is 0 Å². The summed E-state index contributed by atoms with van der Waals surface area (Å²) in [6.45, 7) is 2.76. The number of hydrogen-bond donors (Lipinski definition) is 1. The van der Waals surface area contributed by atoms with Gasteiger partial charge in [0.15, 0.2) is 5.82 Å². The monoisotopic (exact) mass is 311 g/mol. The van der Waals surface area contributed by atoms with Crippen LogP contribution >= 0.6 is 23.4 Å². The molecule has 1 atom stereocenters. The Kier molecular flexibility index (Phi) is 5.88. The molecule has 0 aliphatic carbocycles. The van der Waals surface area contributed by atoms with Crippen molar-refractivity contribution in [3.63, 3.8) is 0 Å². The first-order chi connectivity index (χ1) is 9.71. The SMILES string of the molecule is CCC(CN)Cc1nc(CSc2ccc(Cl)cc2)no1. The predicted molar refractivity (Wildman–Crippen MR) is 81.9 cm³/mol. The summed E-state index contributed by atoms with van der Waals surface area (Å²) in [6.07, 6.45) is 1.78. The molecule has 1 aromatic carbocycles. The quantitative estimate of drug-likeness (QED) is 0.792. The maximum Gasteiger partial charge on any atom is 0.226 e. The van der Waals surface area contributed by atoms with E-state index in [1.54, 1.807) is 11.8 Å². The fourth-order valence-corrected chi connectivity index (χ4v) is 2.62. The van der Waals surface area contributed by atoms with Crippen molar-refractivity contribution >= 4 is 23.4 Å². The van der Waals surface area contributed by atoms with Crippen LogP contribution in [0.4, 0.5) is 0 Å². The molecule has 0 radical (unpaired) electrons. The molecule has 0 spiro atoms. The maximum absolute atomic E-state index is 5.85. The van der Waals surface area contributed by atoms with E-state index in [4.69, 9.17) is 21.9 Å². The molecule has 2 N–H and O–H groups in total. The highest BCUT2D eigenvalue weighted by Crippen LogP contribution is 2.23. The highest BCUT2D eigenvalue weighted by Gasteiger charge is 2.12. The molecule has 2 aromatic rings. The number of benzene rings is 1. The van der Waals surface area contributed by atoms with E-state index in [9.17, 15) is 0 Å². The van der Waals surface area contributed by atoms with Gasteiger partial charge in [-0.1, -0.05) is 30.1 Å². The molecular formula is C14H18ClN3OS. The molecule has 1 heterocycles. The molecule has 0 amide bonds. The molecule has 0 saturated heterocycles. The fraction of sp³-hybridized carbons (Fsp3) is 0.429. The van der Waals surface area contributed by atoms with Gasteiger partial charge in [0.1, 0.15) is 0 Å². The zero-order valence-corrected chi connectivity index (χ0v) is 13.0. The minimum absolute atomic E-state index is 0.409. The Bertz CT molecular complexity index is 525. The predicted octanol–water partition coefficient (Wildman–Crippen LogP) is 3.54. The van der Waals surface area contributed by atoms with Gasteiger partial charge in [0.05, 0.1) is 5.75 Å². The Morgan fingerprint density at radius 3 is 2.75 bits per heavy atom. The minimum Gasteiger partial charge on any atom is -0.339 e. The fourth-order valence-electron chi connectivity index (χ4n) is 1.75.